The van der Waals surface area contributed by atoms with Gasteiger partial charge in [-0.1, -0.05) is 13.3 Å². The smallest absolute Gasteiger partial charge is 0.417 e. The average Bonchev–Trinajstić information content (AvgIpc) is 2.82. The average molecular weight is 299 g/mol. The molecule has 5 nitrogen and oxygen atoms in total. The topological polar surface area (TPSA) is 68.0 Å². The Bertz CT molecular complexity index is 648. The molecule has 2 rings (SSSR count). The number of pyridine rings is 1. The summed E-state index contributed by atoms with van der Waals surface area (Å²) < 4.78 is 38.7. The van der Waals surface area contributed by atoms with Crippen LogP contribution in [-0.2, 0) is 12.6 Å². The zero-order valence-electron chi connectivity index (χ0n) is 11.1. The number of aromatic carboxylic acids is 1. The number of rotatable bonds is 4. The highest BCUT2D eigenvalue weighted by atomic mass is 19.4. The summed E-state index contributed by atoms with van der Waals surface area (Å²) in [4.78, 5) is 14.8. The lowest BCUT2D eigenvalue weighted by Gasteiger charge is -2.09. The van der Waals surface area contributed by atoms with Crippen LogP contribution in [0.2, 0.25) is 0 Å². The normalized spacial score (nSPS) is 11.6. The van der Waals surface area contributed by atoms with Crippen molar-refractivity contribution >= 4 is 5.97 Å². The first kappa shape index (κ1) is 15.0. The SMILES string of the molecule is CCCc1c(C(=O)O)cnn1-c1ccc(C(F)(F)F)cn1. The van der Waals surface area contributed by atoms with Gasteiger partial charge >= 0.3 is 12.1 Å². The van der Waals surface area contributed by atoms with Crippen LogP contribution < -0.4 is 0 Å². The minimum atomic E-state index is -4.46. The number of carboxylic acids is 1. The van der Waals surface area contributed by atoms with Gasteiger partial charge in [-0.15, -0.1) is 0 Å². The van der Waals surface area contributed by atoms with Crippen LogP contribution in [0.25, 0.3) is 5.82 Å². The van der Waals surface area contributed by atoms with E-state index >= 15 is 0 Å². The van der Waals surface area contributed by atoms with Gasteiger partial charge < -0.3 is 5.11 Å². The van der Waals surface area contributed by atoms with E-state index in [-0.39, 0.29) is 11.4 Å². The molecule has 0 saturated heterocycles. The van der Waals surface area contributed by atoms with Crippen LogP contribution in [-0.4, -0.2) is 25.8 Å². The molecule has 112 valence electrons. The van der Waals surface area contributed by atoms with E-state index in [1.54, 1.807) is 0 Å². The summed E-state index contributed by atoms with van der Waals surface area (Å²) in [5, 5.41) is 13.0. The summed E-state index contributed by atoms with van der Waals surface area (Å²) in [5.74, 6) is -0.976. The van der Waals surface area contributed by atoms with E-state index in [1.165, 1.54) is 16.9 Å². The van der Waals surface area contributed by atoms with Gasteiger partial charge in [0.2, 0.25) is 0 Å². The van der Waals surface area contributed by atoms with Gasteiger partial charge in [-0.2, -0.15) is 18.3 Å². The molecule has 1 N–H and O–H groups in total. The lowest BCUT2D eigenvalue weighted by molar-refractivity contribution is -0.137. The maximum atomic E-state index is 12.5. The third-order valence-electron chi connectivity index (χ3n) is 2.88. The zero-order chi connectivity index (χ0) is 15.6. The second-order valence-corrected chi connectivity index (χ2v) is 4.37. The highest BCUT2D eigenvalue weighted by Crippen LogP contribution is 2.29. The number of carbonyl (C=O) groups is 1. The Hall–Kier alpha value is -2.38. The first-order chi connectivity index (χ1) is 9.84. The first-order valence-corrected chi connectivity index (χ1v) is 6.18. The molecule has 0 saturated carbocycles. The number of nitrogens with zero attached hydrogens (tertiary/aromatic N) is 3. The quantitative estimate of drug-likeness (QED) is 0.942. The van der Waals surface area contributed by atoms with E-state index in [4.69, 9.17) is 5.11 Å². The van der Waals surface area contributed by atoms with Crippen molar-refractivity contribution < 1.29 is 23.1 Å². The second kappa shape index (κ2) is 5.55. The molecule has 2 aromatic rings. The van der Waals surface area contributed by atoms with E-state index in [1.807, 2.05) is 6.92 Å². The van der Waals surface area contributed by atoms with Gasteiger partial charge in [0.1, 0.15) is 5.56 Å². The predicted molar refractivity (Wildman–Crippen MR) is 67.3 cm³/mol. The van der Waals surface area contributed by atoms with Crippen LogP contribution >= 0.6 is 0 Å². The molecule has 21 heavy (non-hydrogen) atoms. The molecule has 0 aromatic carbocycles. The number of carboxylic acid groups (broad SMARTS) is 1. The van der Waals surface area contributed by atoms with Gasteiger partial charge in [-0.25, -0.2) is 14.5 Å². The van der Waals surface area contributed by atoms with Gasteiger partial charge in [-0.3, -0.25) is 0 Å². The molecule has 0 aliphatic heterocycles. The molecule has 0 aliphatic carbocycles. The minimum absolute atomic E-state index is 0.0264. The van der Waals surface area contributed by atoms with Gasteiger partial charge in [0, 0.05) is 6.20 Å². The Labute approximate surface area is 118 Å². The van der Waals surface area contributed by atoms with Crippen molar-refractivity contribution in [2.45, 2.75) is 25.9 Å². The van der Waals surface area contributed by atoms with E-state index in [0.29, 0.717) is 24.7 Å². The maximum absolute atomic E-state index is 12.5. The molecule has 0 bridgehead atoms. The van der Waals surface area contributed by atoms with Crippen LogP contribution in [0.1, 0.15) is 35.0 Å². The fourth-order valence-corrected chi connectivity index (χ4v) is 1.91. The molecule has 8 heteroatoms. The Kier molecular flexibility index (Phi) is 3.97. The minimum Gasteiger partial charge on any atom is -0.478 e. The number of hydrogen-bond acceptors (Lipinski definition) is 3. The number of aromatic nitrogens is 3. The van der Waals surface area contributed by atoms with Crippen molar-refractivity contribution in [2.75, 3.05) is 0 Å². The Morgan fingerprint density at radius 1 is 1.33 bits per heavy atom. The lowest BCUT2D eigenvalue weighted by Crippen LogP contribution is -2.10. The third-order valence-corrected chi connectivity index (χ3v) is 2.88. The number of alkyl halides is 3. The van der Waals surface area contributed by atoms with Crippen LogP contribution in [0.3, 0.4) is 0 Å². The molecular formula is C13H12F3N3O2. The third kappa shape index (κ3) is 3.04. The van der Waals surface area contributed by atoms with Gasteiger partial charge in [-0.05, 0) is 18.6 Å². The molecule has 0 unspecified atom stereocenters. The van der Waals surface area contributed by atoms with Gasteiger partial charge in [0.25, 0.3) is 0 Å². The van der Waals surface area contributed by atoms with Gasteiger partial charge in [0.15, 0.2) is 5.82 Å². The maximum Gasteiger partial charge on any atom is 0.417 e. The first-order valence-electron chi connectivity index (χ1n) is 6.18. The Morgan fingerprint density at radius 3 is 2.52 bits per heavy atom. The molecule has 0 fully saturated rings. The molecule has 0 aliphatic rings. The molecule has 0 spiro atoms. The fraction of sp³-hybridized carbons (Fsp3) is 0.308. The fourth-order valence-electron chi connectivity index (χ4n) is 1.91. The highest BCUT2D eigenvalue weighted by molar-refractivity contribution is 5.88. The molecular weight excluding hydrogens is 287 g/mol. The number of hydrogen-bond donors (Lipinski definition) is 1. The standard InChI is InChI=1S/C13H12F3N3O2/c1-2-3-10-9(12(20)21)7-18-19(10)11-5-4-8(6-17-11)13(14,15)16/h4-7H,2-3H2,1H3,(H,20,21). The summed E-state index contributed by atoms with van der Waals surface area (Å²) in [6, 6.07) is 2.06. The van der Waals surface area contributed by atoms with Crippen molar-refractivity contribution in [1.82, 2.24) is 14.8 Å². The van der Waals surface area contributed by atoms with Crippen LogP contribution in [0.4, 0.5) is 13.2 Å². The van der Waals surface area contributed by atoms with E-state index in [9.17, 15) is 18.0 Å². The molecule has 0 radical (unpaired) electrons. The summed E-state index contributed by atoms with van der Waals surface area (Å²) in [7, 11) is 0. The van der Waals surface area contributed by atoms with Crippen LogP contribution in [0.5, 0.6) is 0 Å². The molecule has 2 heterocycles. The molecule has 0 atom stereocenters. The van der Waals surface area contributed by atoms with E-state index in [2.05, 4.69) is 10.1 Å². The second-order valence-electron chi connectivity index (χ2n) is 4.37. The summed E-state index contributed by atoms with van der Waals surface area (Å²) >= 11 is 0. The molecule has 2 aromatic heterocycles. The molecule has 0 amide bonds. The van der Waals surface area contributed by atoms with Crippen molar-refractivity contribution in [3.05, 3.63) is 41.3 Å². The number of halogens is 3. The summed E-state index contributed by atoms with van der Waals surface area (Å²) in [6.45, 7) is 1.86. The summed E-state index contributed by atoms with van der Waals surface area (Å²) in [5.41, 5.74) is -0.426. The van der Waals surface area contributed by atoms with E-state index < -0.39 is 17.7 Å². The highest BCUT2D eigenvalue weighted by Gasteiger charge is 2.30. The monoisotopic (exact) mass is 299 g/mol. The lowest BCUT2D eigenvalue weighted by atomic mass is 10.1. The Balaban J connectivity index is 2.44. The largest absolute Gasteiger partial charge is 0.478 e. The van der Waals surface area contributed by atoms with Crippen molar-refractivity contribution in [1.29, 1.82) is 0 Å². The predicted octanol–water partition coefficient (Wildman–Crippen LogP) is 2.94. The van der Waals surface area contributed by atoms with Gasteiger partial charge in [0.05, 0.1) is 17.5 Å². The van der Waals surface area contributed by atoms with E-state index in [0.717, 1.165) is 6.07 Å². The summed E-state index contributed by atoms with van der Waals surface area (Å²) in [6.07, 6.45) is -1.48. The zero-order valence-corrected chi connectivity index (χ0v) is 11.1. The van der Waals surface area contributed by atoms with Crippen molar-refractivity contribution in [2.24, 2.45) is 0 Å². The Morgan fingerprint density at radius 2 is 2.05 bits per heavy atom. The van der Waals surface area contributed by atoms with Crippen molar-refractivity contribution in [3.8, 4) is 5.82 Å². The van der Waals surface area contributed by atoms with Crippen LogP contribution in [0, 0.1) is 0 Å². The van der Waals surface area contributed by atoms with Crippen LogP contribution in [0.15, 0.2) is 24.5 Å². The van der Waals surface area contributed by atoms with Crippen molar-refractivity contribution in [3.63, 3.8) is 0 Å².